The molecule has 9 heteroatoms. The number of nitrogens with one attached hydrogen (secondary N) is 3. The van der Waals surface area contributed by atoms with Crippen molar-refractivity contribution in [1.29, 1.82) is 5.26 Å². The molecule has 36 heavy (non-hydrogen) atoms. The highest BCUT2D eigenvalue weighted by molar-refractivity contribution is 6.15. The van der Waals surface area contributed by atoms with E-state index in [-0.39, 0.29) is 6.42 Å². The van der Waals surface area contributed by atoms with Gasteiger partial charge in [-0.25, -0.2) is 4.99 Å². The summed E-state index contributed by atoms with van der Waals surface area (Å²) in [6.07, 6.45) is 2.51. The van der Waals surface area contributed by atoms with Crippen molar-refractivity contribution in [2.45, 2.75) is 37.8 Å². The second kappa shape index (κ2) is 9.66. The van der Waals surface area contributed by atoms with Crippen molar-refractivity contribution >= 4 is 34.2 Å². The highest BCUT2D eigenvalue weighted by Crippen LogP contribution is 2.34. The number of para-hydroxylation sites is 1. The lowest BCUT2D eigenvalue weighted by Gasteiger charge is -2.20. The molecule has 1 aliphatic heterocycles. The molecule has 0 spiro atoms. The van der Waals surface area contributed by atoms with Gasteiger partial charge in [0.05, 0.1) is 18.5 Å². The highest BCUT2D eigenvalue weighted by atomic mass is 16.5. The van der Waals surface area contributed by atoms with E-state index in [9.17, 15) is 19.6 Å². The molecule has 2 aliphatic rings. The summed E-state index contributed by atoms with van der Waals surface area (Å²) in [4.78, 5) is 45.7. The number of nitrogens with zero attached hydrogens (tertiary/aromatic N) is 2. The van der Waals surface area contributed by atoms with Crippen LogP contribution >= 0.6 is 0 Å². The van der Waals surface area contributed by atoms with Crippen molar-refractivity contribution in [2.24, 2.45) is 10.9 Å². The van der Waals surface area contributed by atoms with Crippen LogP contribution in [0.2, 0.25) is 0 Å². The van der Waals surface area contributed by atoms with Gasteiger partial charge in [-0.1, -0.05) is 37.1 Å². The SMILES string of the molecule is COc1cccc2[nH]c(C(=O)NC(CC3CC3)C(=O)N[C@H](C#N)CC3=c4ccccc4=NC3=O)cc12. The number of benzene rings is 2. The summed E-state index contributed by atoms with van der Waals surface area (Å²) in [7, 11) is 1.56. The average Bonchev–Trinajstić information content (AvgIpc) is 3.50. The van der Waals surface area contributed by atoms with Crippen molar-refractivity contribution in [3.8, 4) is 11.8 Å². The summed E-state index contributed by atoms with van der Waals surface area (Å²) in [6.45, 7) is 0. The second-order valence-corrected chi connectivity index (χ2v) is 9.12. The minimum absolute atomic E-state index is 0.0352. The van der Waals surface area contributed by atoms with Gasteiger partial charge in [0.1, 0.15) is 23.5 Å². The zero-order valence-corrected chi connectivity index (χ0v) is 19.7. The van der Waals surface area contributed by atoms with E-state index in [1.54, 1.807) is 37.4 Å². The molecule has 3 N–H and O–H groups in total. The molecule has 182 valence electrons. The molecule has 3 aromatic rings. The maximum absolute atomic E-state index is 13.2. The molecule has 0 saturated heterocycles. The van der Waals surface area contributed by atoms with E-state index in [1.807, 2.05) is 18.2 Å². The maximum atomic E-state index is 13.2. The normalized spacial score (nSPS) is 16.0. The summed E-state index contributed by atoms with van der Waals surface area (Å²) < 4.78 is 5.36. The van der Waals surface area contributed by atoms with Crippen LogP contribution in [-0.2, 0) is 9.59 Å². The number of aromatic nitrogens is 1. The summed E-state index contributed by atoms with van der Waals surface area (Å²) in [5.41, 5.74) is 1.45. The van der Waals surface area contributed by atoms with Gasteiger partial charge in [0.2, 0.25) is 5.91 Å². The first-order valence-electron chi connectivity index (χ1n) is 11.8. The Bertz CT molecular complexity index is 1530. The van der Waals surface area contributed by atoms with Crippen molar-refractivity contribution in [2.75, 3.05) is 7.11 Å². The molecule has 2 aromatic carbocycles. The van der Waals surface area contributed by atoms with Gasteiger partial charge < -0.3 is 20.4 Å². The van der Waals surface area contributed by atoms with E-state index in [4.69, 9.17) is 4.74 Å². The third-order valence-corrected chi connectivity index (χ3v) is 6.57. The number of hydrogen-bond acceptors (Lipinski definition) is 5. The van der Waals surface area contributed by atoms with E-state index in [0.29, 0.717) is 39.9 Å². The van der Waals surface area contributed by atoms with E-state index < -0.39 is 29.8 Å². The van der Waals surface area contributed by atoms with Crippen LogP contribution in [-0.4, -0.2) is 41.9 Å². The minimum Gasteiger partial charge on any atom is -0.496 e. The van der Waals surface area contributed by atoms with E-state index in [2.05, 4.69) is 26.7 Å². The molecule has 1 unspecified atom stereocenters. The van der Waals surface area contributed by atoms with Crippen molar-refractivity contribution in [3.05, 3.63) is 64.8 Å². The van der Waals surface area contributed by atoms with Crippen molar-refractivity contribution in [1.82, 2.24) is 15.6 Å². The molecule has 1 aromatic heterocycles. The Morgan fingerprint density at radius 3 is 2.75 bits per heavy atom. The molecule has 1 fully saturated rings. The molecule has 2 atom stereocenters. The number of methoxy groups -OCH3 is 1. The Morgan fingerprint density at radius 2 is 2.00 bits per heavy atom. The van der Waals surface area contributed by atoms with Crippen LogP contribution in [0.1, 0.15) is 36.2 Å². The predicted molar refractivity (Wildman–Crippen MR) is 131 cm³/mol. The summed E-state index contributed by atoms with van der Waals surface area (Å²) in [6, 6.07) is 14.6. The van der Waals surface area contributed by atoms with Crippen molar-refractivity contribution < 1.29 is 19.1 Å². The van der Waals surface area contributed by atoms with E-state index in [0.717, 1.165) is 23.7 Å². The number of carbonyl (C=O) groups excluding carboxylic acids is 3. The number of carbonyl (C=O) groups is 3. The predicted octanol–water partition coefficient (Wildman–Crippen LogP) is 1.48. The summed E-state index contributed by atoms with van der Waals surface area (Å²) in [5, 5.41) is 17.3. The van der Waals surface area contributed by atoms with Gasteiger partial charge in [-0.15, -0.1) is 0 Å². The van der Waals surface area contributed by atoms with Crippen LogP contribution in [0.4, 0.5) is 0 Å². The molecule has 0 bridgehead atoms. The van der Waals surface area contributed by atoms with E-state index >= 15 is 0 Å². The third-order valence-electron chi connectivity index (χ3n) is 6.57. The topological polar surface area (TPSA) is 136 Å². The molecule has 1 saturated carbocycles. The van der Waals surface area contributed by atoms with Gasteiger partial charge in [0.25, 0.3) is 11.8 Å². The zero-order valence-electron chi connectivity index (χ0n) is 19.7. The molecule has 5 rings (SSSR count). The van der Waals surface area contributed by atoms with Gasteiger partial charge in [0, 0.05) is 28.1 Å². The third kappa shape index (κ3) is 4.70. The standard InChI is InChI=1S/C27H25N5O4/c1-36-24-8-4-7-21-19(24)13-23(30-21)27(35)32-22(11-15-9-10-15)26(34)29-16(14-28)12-18-17-5-2-3-6-20(17)31-25(18)33/h2-8,13,15-16,22,30H,9-12H2,1H3,(H,29,34)(H,32,35)/t16-,22?/m0/s1. The smallest absolute Gasteiger partial charge is 0.274 e. The van der Waals surface area contributed by atoms with Gasteiger partial charge >= 0.3 is 0 Å². The molecule has 0 radical (unpaired) electrons. The first kappa shape index (κ1) is 23.3. The lowest BCUT2D eigenvalue weighted by Crippen LogP contribution is -2.50. The number of H-pyrrole nitrogens is 1. The molecular weight excluding hydrogens is 458 g/mol. The molecule has 1 aliphatic carbocycles. The fourth-order valence-electron chi connectivity index (χ4n) is 4.50. The molecule has 9 nitrogen and oxygen atoms in total. The Labute approximate surface area is 206 Å². The Hall–Kier alpha value is -4.45. The molecular formula is C27H25N5O4. The van der Waals surface area contributed by atoms with Crippen LogP contribution in [0.5, 0.6) is 5.75 Å². The Balaban J connectivity index is 1.32. The van der Waals surface area contributed by atoms with Gasteiger partial charge in [-0.2, -0.15) is 5.26 Å². The monoisotopic (exact) mass is 483 g/mol. The number of hydrogen-bond donors (Lipinski definition) is 3. The second-order valence-electron chi connectivity index (χ2n) is 9.12. The maximum Gasteiger partial charge on any atom is 0.274 e. The fourth-order valence-corrected chi connectivity index (χ4v) is 4.50. The van der Waals surface area contributed by atoms with Gasteiger partial charge in [0.15, 0.2) is 0 Å². The first-order chi connectivity index (χ1) is 17.5. The lowest BCUT2D eigenvalue weighted by molar-refractivity contribution is -0.123. The molecule has 3 amide bonds. The number of nitriles is 1. The van der Waals surface area contributed by atoms with Crippen LogP contribution in [0.15, 0.2) is 53.5 Å². The summed E-state index contributed by atoms with van der Waals surface area (Å²) in [5.74, 6) is -0.287. The van der Waals surface area contributed by atoms with Crippen LogP contribution < -0.4 is 25.9 Å². The van der Waals surface area contributed by atoms with Gasteiger partial charge in [-0.3, -0.25) is 14.4 Å². The fraction of sp³-hybridized carbons (Fsp3) is 0.296. The number of aromatic amines is 1. The zero-order chi connectivity index (χ0) is 25.2. The molecule has 2 heterocycles. The lowest BCUT2D eigenvalue weighted by atomic mass is 10.0. The number of amides is 3. The Morgan fingerprint density at radius 1 is 1.19 bits per heavy atom. The van der Waals surface area contributed by atoms with Crippen LogP contribution in [0.25, 0.3) is 16.5 Å². The minimum atomic E-state index is -0.936. The van der Waals surface area contributed by atoms with E-state index in [1.165, 1.54) is 0 Å². The Kier molecular flexibility index (Phi) is 6.25. The largest absolute Gasteiger partial charge is 0.496 e. The first-order valence-corrected chi connectivity index (χ1v) is 11.8. The van der Waals surface area contributed by atoms with Crippen LogP contribution in [0, 0.1) is 17.2 Å². The summed E-state index contributed by atoms with van der Waals surface area (Å²) >= 11 is 0. The average molecular weight is 484 g/mol. The highest BCUT2D eigenvalue weighted by Gasteiger charge is 2.32. The van der Waals surface area contributed by atoms with Crippen molar-refractivity contribution in [3.63, 3.8) is 0 Å². The quantitative estimate of drug-likeness (QED) is 0.424. The van der Waals surface area contributed by atoms with Crippen LogP contribution in [0.3, 0.4) is 0 Å². The number of ether oxygens (including phenoxy) is 1. The number of fused-ring (bicyclic) bond motifs is 2. The van der Waals surface area contributed by atoms with Gasteiger partial charge in [-0.05, 0) is 36.6 Å². The number of rotatable bonds is 9.